The van der Waals surface area contributed by atoms with Gasteiger partial charge in [0, 0.05) is 18.3 Å². The molecule has 4 saturated carbocycles. The highest BCUT2D eigenvalue weighted by molar-refractivity contribution is 5.87. The van der Waals surface area contributed by atoms with Crippen LogP contribution in [0.1, 0.15) is 130 Å². The molecule has 3 heteroatoms. The van der Waals surface area contributed by atoms with E-state index < -0.39 is 0 Å². The molecule has 0 aromatic carbocycles. The van der Waals surface area contributed by atoms with E-state index in [1.54, 1.807) is 0 Å². The first-order chi connectivity index (χ1) is 15.4. The standard InChI is InChI=1S/C29H48O3/c1-4-5-6-7-8-9-10-11-27(31)32-22-16-18-28(2)21(20-22)12-13-23-24-14-15-26(30)29(24,3)19-17-25(23)28/h21-25H,4-20H2,1-3H3/t21-,22+,23-,24-,25-,28-,29-/m0/s1. The van der Waals surface area contributed by atoms with Crippen LogP contribution in [0.15, 0.2) is 0 Å². The maximum atomic E-state index is 12.6. The number of esters is 1. The zero-order valence-corrected chi connectivity index (χ0v) is 21.1. The number of carbonyl (C=O) groups is 2. The molecule has 0 aromatic heterocycles. The van der Waals surface area contributed by atoms with Crippen molar-refractivity contribution in [1.82, 2.24) is 0 Å². The number of carbonyl (C=O) groups excluding carboxylic acids is 2. The van der Waals surface area contributed by atoms with E-state index in [4.69, 9.17) is 4.74 Å². The SMILES string of the molecule is CCCCCCCCCC(=O)O[C@@H]1CC[C@@]2(C)[C@@H](CC[C@@H]3[C@@H]2CC[C@]2(C)C(=O)CC[C@@H]32)C1. The lowest BCUT2D eigenvalue weighted by molar-refractivity contribution is -0.162. The highest BCUT2D eigenvalue weighted by atomic mass is 16.5. The minimum Gasteiger partial charge on any atom is -0.462 e. The molecule has 4 rings (SSSR count). The summed E-state index contributed by atoms with van der Waals surface area (Å²) in [6, 6.07) is 0. The van der Waals surface area contributed by atoms with Crippen molar-refractivity contribution in [3.63, 3.8) is 0 Å². The van der Waals surface area contributed by atoms with Gasteiger partial charge in [-0.25, -0.2) is 0 Å². The van der Waals surface area contributed by atoms with Gasteiger partial charge in [0.05, 0.1) is 0 Å². The zero-order chi connectivity index (χ0) is 22.8. The molecule has 182 valence electrons. The Bertz CT molecular complexity index is 671. The summed E-state index contributed by atoms with van der Waals surface area (Å²) in [7, 11) is 0. The molecule has 32 heavy (non-hydrogen) atoms. The van der Waals surface area contributed by atoms with Gasteiger partial charge in [0.2, 0.25) is 0 Å². The Balaban J connectivity index is 1.24. The lowest BCUT2D eigenvalue weighted by Gasteiger charge is -2.60. The molecular weight excluding hydrogens is 396 g/mol. The Morgan fingerprint density at radius 1 is 0.906 bits per heavy atom. The van der Waals surface area contributed by atoms with Crippen LogP contribution < -0.4 is 0 Å². The van der Waals surface area contributed by atoms with Crippen molar-refractivity contribution < 1.29 is 14.3 Å². The molecule has 0 bridgehead atoms. The summed E-state index contributed by atoms with van der Waals surface area (Å²) in [4.78, 5) is 25.1. The van der Waals surface area contributed by atoms with Gasteiger partial charge in [-0.1, -0.05) is 59.3 Å². The molecule has 4 fully saturated rings. The van der Waals surface area contributed by atoms with Crippen LogP contribution in [-0.4, -0.2) is 17.9 Å². The monoisotopic (exact) mass is 444 g/mol. The Morgan fingerprint density at radius 3 is 2.44 bits per heavy atom. The Labute approximate surface area is 196 Å². The van der Waals surface area contributed by atoms with Crippen molar-refractivity contribution in [3.05, 3.63) is 0 Å². The predicted octanol–water partition coefficient (Wildman–Crippen LogP) is 7.65. The van der Waals surface area contributed by atoms with E-state index in [-0.39, 0.29) is 17.5 Å². The molecule has 4 aliphatic rings. The first-order valence-corrected chi connectivity index (χ1v) is 14.1. The van der Waals surface area contributed by atoms with Gasteiger partial charge >= 0.3 is 5.97 Å². The average molecular weight is 445 g/mol. The van der Waals surface area contributed by atoms with Crippen molar-refractivity contribution in [2.45, 2.75) is 136 Å². The minimum atomic E-state index is -0.0207. The molecule has 0 N–H and O–H groups in total. The molecule has 0 heterocycles. The summed E-state index contributed by atoms with van der Waals surface area (Å²) in [6.45, 7) is 7.07. The van der Waals surface area contributed by atoms with Crippen LogP contribution in [-0.2, 0) is 14.3 Å². The van der Waals surface area contributed by atoms with Crippen LogP contribution in [0, 0.1) is 34.5 Å². The summed E-state index contributed by atoms with van der Waals surface area (Å²) < 4.78 is 5.98. The number of rotatable bonds is 9. The lowest BCUT2D eigenvalue weighted by atomic mass is 9.45. The summed E-state index contributed by atoms with van der Waals surface area (Å²) >= 11 is 0. The number of ketones is 1. The van der Waals surface area contributed by atoms with E-state index >= 15 is 0 Å². The first-order valence-electron chi connectivity index (χ1n) is 14.1. The van der Waals surface area contributed by atoms with Crippen molar-refractivity contribution in [3.8, 4) is 0 Å². The fourth-order valence-corrected chi connectivity index (χ4v) is 8.57. The molecule has 0 saturated heterocycles. The molecule has 0 amide bonds. The van der Waals surface area contributed by atoms with Gasteiger partial charge in [-0.15, -0.1) is 0 Å². The number of unbranched alkanes of at least 4 members (excludes halogenated alkanes) is 6. The third kappa shape index (κ3) is 4.69. The predicted molar refractivity (Wildman–Crippen MR) is 129 cm³/mol. The number of Topliss-reactive ketones (excluding diaryl/α,β-unsaturated/α-hetero) is 1. The van der Waals surface area contributed by atoms with Crippen LogP contribution in [0.3, 0.4) is 0 Å². The molecule has 0 aromatic rings. The first kappa shape index (κ1) is 24.3. The number of fused-ring (bicyclic) bond motifs is 5. The molecule has 4 aliphatic carbocycles. The van der Waals surface area contributed by atoms with Gasteiger partial charge in [-0.05, 0) is 86.9 Å². The normalized spacial score (nSPS) is 41.0. The van der Waals surface area contributed by atoms with E-state index in [2.05, 4.69) is 20.8 Å². The highest BCUT2D eigenvalue weighted by Crippen LogP contribution is 2.65. The topological polar surface area (TPSA) is 43.4 Å². The van der Waals surface area contributed by atoms with Gasteiger partial charge in [-0.3, -0.25) is 9.59 Å². The lowest BCUT2D eigenvalue weighted by Crippen LogP contribution is -2.54. The Kier molecular flexibility index (Phi) is 7.72. The largest absolute Gasteiger partial charge is 0.462 e. The highest BCUT2D eigenvalue weighted by Gasteiger charge is 2.60. The smallest absolute Gasteiger partial charge is 0.306 e. The fraction of sp³-hybridized carbons (Fsp3) is 0.931. The minimum absolute atomic E-state index is 0.0207. The molecular formula is C29H48O3. The summed E-state index contributed by atoms with van der Waals surface area (Å²) in [5, 5.41) is 0. The maximum absolute atomic E-state index is 12.6. The number of hydrogen-bond donors (Lipinski definition) is 0. The van der Waals surface area contributed by atoms with E-state index in [1.165, 1.54) is 57.8 Å². The Hall–Kier alpha value is -0.860. The van der Waals surface area contributed by atoms with Crippen LogP contribution in [0.5, 0.6) is 0 Å². The van der Waals surface area contributed by atoms with Gasteiger partial charge in [0.15, 0.2) is 0 Å². The molecule has 0 unspecified atom stereocenters. The third-order valence-corrected chi connectivity index (χ3v) is 10.6. The maximum Gasteiger partial charge on any atom is 0.306 e. The van der Waals surface area contributed by atoms with Crippen molar-refractivity contribution in [2.24, 2.45) is 34.5 Å². The van der Waals surface area contributed by atoms with Gasteiger partial charge < -0.3 is 4.74 Å². The number of hydrogen-bond acceptors (Lipinski definition) is 3. The second-order valence-electron chi connectivity index (χ2n) is 12.3. The van der Waals surface area contributed by atoms with Crippen LogP contribution in [0.25, 0.3) is 0 Å². The van der Waals surface area contributed by atoms with E-state index in [0.29, 0.717) is 29.5 Å². The quantitative estimate of drug-likeness (QED) is 0.271. The van der Waals surface area contributed by atoms with Gasteiger partial charge in [-0.2, -0.15) is 0 Å². The van der Waals surface area contributed by atoms with Crippen LogP contribution >= 0.6 is 0 Å². The molecule has 0 spiro atoms. The van der Waals surface area contributed by atoms with Crippen LogP contribution in [0.4, 0.5) is 0 Å². The summed E-state index contributed by atoms with van der Waals surface area (Å²) in [5.74, 6) is 3.43. The van der Waals surface area contributed by atoms with E-state index in [1.807, 2.05) is 0 Å². The van der Waals surface area contributed by atoms with Gasteiger partial charge in [0.25, 0.3) is 0 Å². The molecule has 0 aliphatic heterocycles. The van der Waals surface area contributed by atoms with Crippen molar-refractivity contribution in [2.75, 3.05) is 0 Å². The fourth-order valence-electron chi connectivity index (χ4n) is 8.57. The van der Waals surface area contributed by atoms with Crippen molar-refractivity contribution in [1.29, 1.82) is 0 Å². The summed E-state index contributed by atoms with van der Waals surface area (Å²) in [5.41, 5.74) is 0.365. The second-order valence-corrected chi connectivity index (χ2v) is 12.3. The zero-order valence-electron chi connectivity index (χ0n) is 21.1. The van der Waals surface area contributed by atoms with E-state index in [0.717, 1.165) is 56.8 Å². The second kappa shape index (κ2) is 10.2. The molecule has 7 atom stereocenters. The number of ether oxygens (including phenoxy) is 1. The summed E-state index contributed by atoms with van der Waals surface area (Å²) in [6.07, 6.45) is 19.6. The van der Waals surface area contributed by atoms with E-state index in [9.17, 15) is 9.59 Å². The molecule has 3 nitrogen and oxygen atoms in total. The average Bonchev–Trinajstić information content (AvgIpc) is 3.08. The van der Waals surface area contributed by atoms with Crippen molar-refractivity contribution >= 4 is 11.8 Å². The molecule has 0 radical (unpaired) electrons. The Morgan fingerprint density at radius 2 is 1.66 bits per heavy atom. The third-order valence-electron chi connectivity index (χ3n) is 10.6. The van der Waals surface area contributed by atoms with Gasteiger partial charge in [0.1, 0.15) is 11.9 Å². The van der Waals surface area contributed by atoms with Crippen LogP contribution in [0.2, 0.25) is 0 Å².